The predicted molar refractivity (Wildman–Crippen MR) is 84.0 cm³/mol. The van der Waals surface area contributed by atoms with Gasteiger partial charge in [-0.15, -0.1) is 0 Å². The number of hydrogen-bond acceptors (Lipinski definition) is 4. The highest BCUT2D eigenvalue weighted by Crippen LogP contribution is 2.29. The van der Waals surface area contributed by atoms with Gasteiger partial charge in [-0.05, 0) is 42.0 Å². The van der Waals surface area contributed by atoms with Crippen LogP contribution in [0.15, 0.2) is 30.5 Å². The molecule has 0 unspecified atom stereocenters. The molecule has 106 valence electrons. The van der Waals surface area contributed by atoms with Gasteiger partial charge in [-0.25, -0.2) is 0 Å². The molecular weight excluding hydrogens is 270 g/mol. The normalized spacial score (nSPS) is 16.2. The van der Waals surface area contributed by atoms with Crippen molar-refractivity contribution in [1.29, 1.82) is 0 Å². The Kier molecular flexibility index (Phi) is 3.87. The van der Waals surface area contributed by atoms with E-state index in [1.807, 2.05) is 37.0 Å². The number of nitrogens with two attached hydrogens (primary N) is 1. The average molecular weight is 289 g/mol. The largest absolute Gasteiger partial charge is 0.490 e. The standard InChI is InChI=1S/C15H19N3OS/c1-18-15(16)14(10-17-18)11-3-2-4-13(9-11)19-12-5-7-20-8-6-12/h2-4,9-10,12H,5-8,16H2,1H3. The minimum Gasteiger partial charge on any atom is -0.490 e. The zero-order chi connectivity index (χ0) is 13.9. The first-order valence-corrected chi connectivity index (χ1v) is 8.02. The van der Waals surface area contributed by atoms with Crippen LogP contribution in [0.25, 0.3) is 11.1 Å². The van der Waals surface area contributed by atoms with Crippen molar-refractivity contribution in [2.24, 2.45) is 7.05 Å². The van der Waals surface area contributed by atoms with Crippen molar-refractivity contribution >= 4 is 17.6 Å². The van der Waals surface area contributed by atoms with Gasteiger partial charge in [-0.1, -0.05) is 12.1 Å². The Morgan fingerprint density at radius 1 is 1.35 bits per heavy atom. The molecule has 4 nitrogen and oxygen atoms in total. The van der Waals surface area contributed by atoms with Crippen LogP contribution in [0, 0.1) is 0 Å². The van der Waals surface area contributed by atoms with E-state index in [-0.39, 0.29) is 0 Å². The second-order valence-corrected chi connectivity index (χ2v) is 6.25. The minimum absolute atomic E-state index is 0.345. The van der Waals surface area contributed by atoms with Crippen LogP contribution in [0.4, 0.5) is 5.82 Å². The molecular formula is C15H19N3OS. The summed E-state index contributed by atoms with van der Waals surface area (Å²) in [6.07, 6.45) is 4.40. The van der Waals surface area contributed by atoms with Gasteiger partial charge >= 0.3 is 0 Å². The molecule has 2 N–H and O–H groups in total. The Labute approximate surface area is 123 Å². The molecule has 1 aromatic heterocycles. The van der Waals surface area contributed by atoms with E-state index in [2.05, 4.69) is 11.2 Å². The van der Waals surface area contributed by atoms with Gasteiger partial charge in [0.25, 0.3) is 0 Å². The highest BCUT2D eigenvalue weighted by Gasteiger charge is 2.15. The molecule has 1 saturated heterocycles. The first kappa shape index (κ1) is 13.4. The number of nitrogens with zero attached hydrogens (tertiary/aromatic N) is 2. The monoisotopic (exact) mass is 289 g/mol. The van der Waals surface area contributed by atoms with Crippen LogP contribution < -0.4 is 10.5 Å². The Morgan fingerprint density at radius 2 is 2.15 bits per heavy atom. The van der Waals surface area contributed by atoms with E-state index in [9.17, 15) is 0 Å². The summed E-state index contributed by atoms with van der Waals surface area (Å²) >= 11 is 2.01. The molecule has 1 aliphatic heterocycles. The van der Waals surface area contributed by atoms with Gasteiger partial charge in [-0.2, -0.15) is 16.9 Å². The third kappa shape index (κ3) is 2.77. The van der Waals surface area contributed by atoms with Crippen molar-refractivity contribution in [3.8, 4) is 16.9 Å². The molecule has 1 aromatic carbocycles. The SMILES string of the molecule is Cn1ncc(-c2cccc(OC3CCSCC3)c2)c1N. The van der Waals surface area contributed by atoms with Gasteiger partial charge < -0.3 is 10.5 Å². The summed E-state index contributed by atoms with van der Waals surface area (Å²) in [6.45, 7) is 0. The van der Waals surface area contributed by atoms with Gasteiger partial charge in [0.1, 0.15) is 17.7 Å². The Balaban J connectivity index is 1.80. The van der Waals surface area contributed by atoms with Crippen LogP contribution in [0.1, 0.15) is 12.8 Å². The maximum atomic E-state index is 6.08. The van der Waals surface area contributed by atoms with E-state index < -0.39 is 0 Å². The molecule has 20 heavy (non-hydrogen) atoms. The molecule has 1 aliphatic rings. The molecule has 0 saturated carbocycles. The second kappa shape index (κ2) is 5.79. The first-order chi connectivity index (χ1) is 9.74. The number of rotatable bonds is 3. The molecule has 0 atom stereocenters. The molecule has 0 spiro atoms. The minimum atomic E-state index is 0.345. The number of hydrogen-bond donors (Lipinski definition) is 1. The van der Waals surface area contributed by atoms with E-state index in [1.165, 1.54) is 11.5 Å². The zero-order valence-corrected chi connectivity index (χ0v) is 12.4. The molecule has 2 aromatic rings. The number of nitrogen functional groups attached to an aromatic ring is 1. The van der Waals surface area contributed by atoms with Gasteiger partial charge in [0.2, 0.25) is 0 Å². The van der Waals surface area contributed by atoms with Gasteiger partial charge in [0, 0.05) is 12.6 Å². The fraction of sp³-hybridized carbons (Fsp3) is 0.400. The van der Waals surface area contributed by atoms with E-state index in [0.717, 1.165) is 29.7 Å². The van der Waals surface area contributed by atoms with Gasteiger partial charge in [0.15, 0.2) is 0 Å². The molecule has 5 heteroatoms. The lowest BCUT2D eigenvalue weighted by molar-refractivity contribution is 0.192. The average Bonchev–Trinajstić information content (AvgIpc) is 2.80. The van der Waals surface area contributed by atoms with Crippen molar-refractivity contribution in [1.82, 2.24) is 9.78 Å². The quantitative estimate of drug-likeness (QED) is 0.944. The van der Waals surface area contributed by atoms with Crippen molar-refractivity contribution in [3.63, 3.8) is 0 Å². The molecule has 1 fully saturated rings. The Bertz CT molecular complexity index is 591. The summed E-state index contributed by atoms with van der Waals surface area (Å²) < 4.78 is 7.76. The smallest absolute Gasteiger partial charge is 0.129 e. The van der Waals surface area contributed by atoms with Crippen LogP contribution >= 0.6 is 11.8 Å². The lowest BCUT2D eigenvalue weighted by Crippen LogP contribution is -2.22. The van der Waals surface area contributed by atoms with Gasteiger partial charge in [0.05, 0.1) is 6.20 Å². The first-order valence-electron chi connectivity index (χ1n) is 6.86. The highest BCUT2D eigenvalue weighted by molar-refractivity contribution is 7.99. The molecule has 0 amide bonds. The van der Waals surface area contributed by atoms with E-state index in [0.29, 0.717) is 11.9 Å². The van der Waals surface area contributed by atoms with Crippen molar-refractivity contribution in [3.05, 3.63) is 30.5 Å². The van der Waals surface area contributed by atoms with Crippen LogP contribution in [0.3, 0.4) is 0 Å². The topological polar surface area (TPSA) is 53.1 Å². The fourth-order valence-electron chi connectivity index (χ4n) is 2.39. The molecule has 2 heterocycles. The Morgan fingerprint density at radius 3 is 2.85 bits per heavy atom. The maximum Gasteiger partial charge on any atom is 0.129 e. The summed E-state index contributed by atoms with van der Waals surface area (Å²) in [5.74, 6) is 3.98. The lowest BCUT2D eigenvalue weighted by atomic mass is 10.1. The number of ether oxygens (including phenoxy) is 1. The summed E-state index contributed by atoms with van der Waals surface area (Å²) in [5, 5.41) is 4.19. The molecule has 3 rings (SSSR count). The summed E-state index contributed by atoms with van der Waals surface area (Å²) in [7, 11) is 1.85. The lowest BCUT2D eigenvalue weighted by Gasteiger charge is -2.23. The number of aromatic nitrogens is 2. The second-order valence-electron chi connectivity index (χ2n) is 5.02. The summed E-state index contributed by atoms with van der Waals surface area (Å²) in [5.41, 5.74) is 8.04. The van der Waals surface area contributed by atoms with Crippen LogP contribution in [-0.4, -0.2) is 27.4 Å². The number of benzene rings is 1. The van der Waals surface area contributed by atoms with Crippen LogP contribution in [0.2, 0.25) is 0 Å². The number of anilines is 1. The van der Waals surface area contributed by atoms with Crippen LogP contribution in [0.5, 0.6) is 5.75 Å². The number of aryl methyl sites for hydroxylation is 1. The number of thioether (sulfide) groups is 1. The third-order valence-corrected chi connectivity index (χ3v) is 4.65. The maximum absolute atomic E-state index is 6.08. The molecule has 0 bridgehead atoms. The van der Waals surface area contributed by atoms with E-state index in [4.69, 9.17) is 10.5 Å². The van der Waals surface area contributed by atoms with Gasteiger partial charge in [-0.3, -0.25) is 4.68 Å². The summed E-state index contributed by atoms with van der Waals surface area (Å²) in [6, 6.07) is 8.11. The van der Waals surface area contributed by atoms with Crippen molar-refractivity contribution in [2.75, 3.05) is 17.2 Å². The van der Waals surface area contributed by atoms with E-state index in [1.54, 1.807) is 10.9 Å². The third-order valence-electron chi connectivity index (χ3n) is 3.60. The molecule has 0 aliphatic carbocycles. The fourth-order valence-corrected chi connectivity index (χ4v) is 3.46. The highest BCUT2D eigenvalue weighted by atomic mass is 32.2. The van der Waals surface area contributed by atoms with Crippen LogP contribution in [-0.2, 0) is 7.05 Å². The summed E-state index contributed by atoms with van der Waals surface area (Å²) in [4.78, 5) is 0. The Hall–Kier alpha value is -1.62. The van der Waals surface area contributed by atoms with Crippen molar-refractivity contribution in [2.45, 2.75) is 18.9 Å². The predicted octanol–water partition coefficient (Wildman–Crippen LogP) is 2.94. The van der Waals surface area contributed by atoms with Crippen molar-refractivity contribution < 1.29 is 4.74 Å². The zero-order valence-electron chi connectivity index (χ0n) is 11.6. The molecule has 0 radical (unpaired) electrons. The van der Waals surface area contributed by atoms with E-state index >= 15 is 0 Å².